The molecule has 0 atom stereocenters. The summed E-state index contributed by atoms with van der Waals surface area (Å²) in [6, 6.07) is 7.09. The highest BCUT2D eigenvalue weighted by Gasteiger charge is 2.18. The Kier molecular flexibility index (Phi) is 4.42. The first kappa shape index (κ1) is 13.9. The highest BCUT2D eigenvalue weighted by molar-refractivity contribution is 7.89. The van der Waals surface area contributed by atoms with Crippen LogP contribution in [0.15, 0.2) is 24.3 Å². The highest BCUT2D eigenvalue weighted by atomic mass is 32.2. The minimum absolute atomic E-state index is 0.00464. The Labute approximate surface area is 102 Å². The molecule has 0 saturated carbocycles. The lowest BCUT2D eigenvalue weighted by Gasteiger charge is -2.14. The van der Waals surface area contributed by atoms with Gasteiger partial charge in [-0.25, -0.2) is 8.42 Å². The normalized spacial score (nSPS) is 11.8. The molecule has 0 spiro atoms. The van der Waals surface area contributed by atoms with Crippen molar-refractivity contribution in [1.29, 1.82) is 0 Å². The van der Waals surface area contributed by atoms with E-state index in [0.717, 1.165) is 9.87 Å². The third-order valence-corrected chi connectivity index (χ3v) is 4.39. The van der Waals surface area contributed by atoms with Crippen LogP contribution >= 0.6 is 0 Å². The number of aryl methyl sites for hydroxylation is 1. The second kappa shape index (κ2) is 5.42. The maximum absolute atomic E-state index is 11.8. The zero-order chi connectivity index (χ0) is 13.1. The zero-order valence-electron chi connectivity index (χ0n) is 10.3. The number of sulfonamides is 1. The second-order valence-electron chi connectivity index (χ2n) is 3.95. The van der Waals surface area contributed by atoms with Crippen molar-refractivity contribution >= 4 is 15.8 Å². The summed E-state index contributed by atoms with van der Waals surface area (Å²) in [6.07, 6.45) is 0. The summed E-state index contributed by atoms with van der Waals surface area (Å²) in [5.41, 5.74) is 1.60. The van der Waals surface area contributed by atoms with Gasteiger partial charge in [-0.3, -0.25) is 4.79 Å². The SMILES string of the molecule is CCS(=O)(=O)N(C)CC(=O)c1ccc(C)cc1. The van der Waals surface area contributed by atoms with Crippen LogP contribution in [0.4, 0.5) is 0 Å². The van der Waals surface area contributed by atoms with Gasteiger partial charge in [-0.05, 0) is 13.8 Å². The lowest BCUT2D eigenvalue weighted by atomic mass is 10.1. The molecule has 4 nitrogen and oxygen atoms in total. The van der Waals surface area contributed by atoms with Gasteiger partial charge in [0.15, 0.2) is 5.78 Å². The van der Waals surface area contributed by atoms with E-state index in [-0.39, 0.29) is 18.1 Å². The molecule has 0 unspecified atom stereocenters. The van der Waals surface area contributed by atoms with E-state index in [2.05, 4.69) is 0 Å². The van der Waals surface area contributed by atoms with E-state index in [4.69, 9.17) is 0 Å². The number of rotatable bonds is 5. The van der Waals surface area contributed by atoms with E-state index >= 15 is 0 Å². The molecule has 0 aliphatic heterocycles. The van der Waals surface area contributed by atoms with Crippen molar-refractivity contribution < 1.29 is 13.2 Å². The molecule has 0 radical (unpaired) electrons. The summed E-state index contributed by atoms with van der Waals surface area (Å²) in [5, 5.41) is 0. The molecule has 1 rings (SSSR count). The van der Waals surface area contributed by atoms with Gasteiger partial charge in [0, 0.05) is 12.6 Å². The lowest BCUT2D eigenvalue weighted by Crippen LogP contribution is -2.33. The van der Waals surface area contributed by atoms with E-state index in [9.17, 15) is 13.2 Å². The largest absolute Gasteiger partial charge is 0.293 e. The smallest absolute Gasteiger partial charge is 0.213 e. The molecule has 0 aromatic heterocycles. The first-order valence-corrected chi connectivity index (χ1v) is 7.01. The molecule has 0 heterocycles. The fraction of sp³-hybridized carbons (Fsp3) is 0.417. The van der Waals surface area contributed by atoms with E-state index in [1.54, 1.807) is 19.1 Å². The Morgan fingerprint density at radius 3 is 2.24 bits per heavy atom. The molecule has 0 saturated heterocycles. The van der Waals surface area contributed by atoms with Crippen LogP contribution in [0, 0.1) is 6.92 Å². The summed E-state index contributed by atoms with van der Waals surface area (Å²) in [7, 11) is -1.88. The predicted octanol–water partition coefficient (Wildman–Crippen LogP) is 1.46. The highest BCUT2D eigenvalue weighted by Crippen LogP contribution is 2.06. The number of nitrogens with zero attached hydrogens (tertiary/aromatic N) is 1. The van der Waals surface area contributed by atoms with Gasteiger partial charge in [0.05, 0.1) is 12.3 Å². The second-order valence-corrected chi connectivity index (χ2v) is 6.31. The molecule has 0 aliphatic carbocycles. The van der Waals surface area contributed by atoms with E-state index in [1.807, 2.05) is 19.1 Å². The molecule has 94 valence electrons. The van der Waals surface area contributed by atoms with Crippen LogP contribution in [0.3, 0.4) is 0 Å². The number of likely N-dealkylation sites (N-methyl/N-ethyl adjacent to an activating group) is 1. The maximum Gasteiger partial charge on any atom is 0.213 e. The number of hydrogen-bond donors (Lipinski definition) is 0. The van der Waals surface area contributed by atoms with Crippen molar-refractivity contribution in [2.24, 2.45) is 0 Å². The predicted molar refractivity (Wildman–Crippen MR) is 67.6 cm³/mol. The molecule has 1 aromatic carbocycles. The number of carbonyl (C=O) groups excluding carboxylic acids is 1. The van der Waals surface area contributed by atoms with Gasteiger partial charge in [0.2, 0.25) is 10.0 Å². The third kappa shape index (κ3) is 3.64. The molecule has 1 aromatic rings. The van der Waals surface area contributed by atoms with Crippen LogP contribution in [0.25, 0.3) is 0 Å². The van der Waals surface area contributed by atoms with Gasteiger partial charge < -0.3 is 0 Å². The Hall–Kier alpha value is -1.20. The summed E-state index contributed by atoms with van der Waals surface area (Å²) in [6.45, 7) is 3.38. The van der Waals surface area contributed by atoms with Crippen LogP contribution < -0.4 is 0 Å². The van der Waals surface area contributed by atoms with Gasteiger partial charge in [-0.15, -0.1) is 0 Å². The van der Waals surface area contributed by atoms with Gasteiger partial charge in [-0.1, -0.05) is 29.8 Å². The molecule has 0 N–H and O–H groups in total. The first-order valence-electron chi connectivity index (χ1n) is 5.40. The fourth-order valence-corrected chi connectivity index (χ4v) is 2.11. The molecule has 17 heavy (non-hydrogen) atoms. The van der Waals surface area contributed by atoms with Gasteiger partial charge in [0.1, 0.15) is 0 Å². The average Bonchev–Trinajstić information content (AvgIpc) is 2.29. The van der Waals surface area contributed by atoms with E-state index < -0.39 is 10.0 Å². The van der Waals surface area contributed by atoms with Gasteiger partial charge >= 0.3 is 0 Å². The van der Waals surface area contributed by atoms with Crippen LogP contribution in [-0.4, -0.2) is 37.9 Å². The number of Topliss-reactive ketones (excluding diaryl/α,β-unsaturated/α-hetero) is 1. The van der Waals surface area contributed by atoms with Gasteiger partial charge in [0.25, 0.3) is 0 Å². The van der Waals surface area contributed by atoms with Crippen molar-refractivity contribution in [3.05, 3.63) is 35.4 Å². The van der Waals surface area contributed by atoms with E-state index in [0.29, 0.717) is 5.56 Å². The lowest BCUT2D eigenvalue weighted by molar-refractivity contribution is 0.0973. The molecular formula is C12H17NO3S. The molecule has 0 amide bonds. The van der Waals surface area contributed by atoms with Crippen LogP contribution in [0.1, 0.15) is 22.8 Å². The molecule has 0 fully saturated rings. The van der Waals surface area contributed by atoms with Crippen molar-refractivity contribution in [1.82, 2.24) is 4.31 Å². The monoisotopic (exact) mass is 255 g/mol. The minimum Gasteiger partial charge on any atom is -0.293 e. The summed E-state index contributed by atoms with van der Waals surface area (Å²) in [4.78, 5) is 11.8. The average molecular weight is 255 g/mol. The Morgan fingerprint density at radius 2 is 1.76 bits per heavy atom. The Morgan fingerprint density at radius 1 is 1.24 bits per heavy atom. The molecule has 0 aliphatic rings. The zero-order valence-corrected chi connectivity index (χ0v) is 11.1. The van der Waals surface area contributed by atoms with Crippen LogP contribution in [0.5, 0.6) is 0 Å². The van der Waals surface area contributed by atoms with E-state index in [1.165, 1.54) is 7.05 Å². The quantitative estimate of drug-likeness (QED) is 0.748. The van der Waals surface area contributed by atoms with Crippen molar-refractivity contribution in [3.8, 4) is 0 Å². The maximum atomic E-state index is 11.8. The molecule has 0 bridgehead atoms. The fourth-order valence-electron chi connectivity index (χ4n) is 1.35. The number of hydrogen-bond acceptors (Lipinski definition) is 3. The Bertz CT molecular complexity index is 491. The van der Waals surface area contributed by atoms with Crippen molar-refractivity contribution in [3.63, 3.8) is 0 Å². The number of ketones is 1. The summed E-state index contributed by atoms with van der Waals surface area (Å²) in [5.74, 6) is -0.186. The van der Waals surface area contributed by atoms with Crippen LogP contribution in [-0.2, 0) is 10.0 Å². The van der Waals surface area contributed by atoms with Gasteiger partial charge in [-0.2, -0.15) is 4.31 Å². The minimum atomic E-state index is -3.30. The standard InChI is InChI=1S/C12H17NO3S/c1-4-17(15,16)13(3)9-12(14)11-7-5-10(2)6-8-11/h5-8H,4,9H2,1-3H3. The number of benzene rings is 1. The molecule has 5 heteroatoms. The number of carbonyl (C=O) groups is 1. The van der Waals surface area contributed by atoms with Crippen molar-refractivity contribution in [2.45, 2.75) is 13.8 Å². The summed E-state index contributed by atoms with van der Waals surface area (Å²) < 4.78 is 24.1. The van der Waals surface area contributed by atoms with Crippen LogP contribution in [0.2, 0.25) is 0 Å². The van der Waals surface area contributed by atoms with Crippen molar-refractivity contribution in [2.75, 3.05) is 19.3 Å². The first-order chi connectivity index (χ1) is 7.86. The third-order valence-electron chi connectivity index (χ3n) is 2.58. The topological polar surface area (TPSA) is 54.5 Å². The molecular weight excluding hydrogens is 238 g/mol. The summed E-state index contributed by atoms with van der Waals surface area (Å²) >= 11 is 0. The Balaban J connectivity index is 2.77.